The fraction of sp³-hybridized carbons (Fsp3) is 0.381. The minimum atomic E-state index is -0.326. The van der Waals surface area contributed by atoms with Gasteiger partial charge in [0.15, 0.2) is 0 Å². The molecule has 2 aromatic rings. The van der Waals surface area contributed by atoms with Gasteiger partial charge in [0.25, 0.3) is 0 Å². The smallest absolute Gasteiger partial charge is 0.407 e. The fourth-order valence-corrected chi connectivity index (χ4v) is 3.70. The number of amides is 1. The first-order valence-electron chi connectivity index (χ1n) is 9.25. The average molecular weight is 352 g/mol. The molecule has 3 aliphatic rings. The zero-order valence-electron chi connectivity index (χ0n) is 14.8. The van der Waals surface area contributed by atoms with Crippen LogP contribution >= 0.6 is 0 Å². The van der Waals surface area contributed by atoms with Gasteiger partial charge in [0.05, 0.1) is 0 Å². The molecular weight excluding hydrogens is 328 g/mol. The number of nitrogens with one attached hydrogen (secondary N) is 1. The predicted octanol–water partition coefficient (Wildman–Crippen LogP) is 3.80. The molecule has 0 aromatic heterocycles. The summed E-state index contributed by atoms with van der Waals surface area (Å²) in [5.74, 6) is 2.11. The summed E-state index contributed by atoms with van der Waals surface area (Å²) < 4.78 is 11.4. The third-order valence-corrected chi connectivity index (χ3v) is 5.19. The Hall–Kier alpha value is -2.53. The number of hydrogen-bond donors (Lipinski definition) is 1. The second-order valence-corrected chi connectivity index (χ2v) is 6.99. The quantitative estimate of drug-likeness (QED) is 0.889. The van der Waals surface area contributed by atoms with Crippen LogP contribution in [0.15, 0.2) is 54.6 Å². The molecule has 3 heterocycles. The van der Waals surface area contributed by atoms with Crippen molar-refractivity contribution in [2.75, 3.05) is 19.6 Å². The van der Waals surface area contributed by atoms with Crippen LogP contribution in [0.2, 0.25) is 0 Å². The molecule has 5 rings (SSSR count). The van der Waals surface area contributed by atoms with Crippen molar-refractivity contribution in [3.8, 4) is 11.5 Å². The third-order valence-electron chi connectivity index (χ3n) is 5.19. The Kier molecular flexibility index (Phi) is 5.07. The second-order valence-electron chi connectivity index (χ2n) is 6.99. The molecule has 1 atom stereocenters. The van der Waals surface area contributed by atoms with Crippen LogP contribution in [0.3, 0.4) is 0 Å². The van der Waals surface area contributed by atoms with E-state index in [1.165, 1.54) is 0 Å². The minimum absolute atomic E-state index is 0.0409. The highest BCUT2D eigenvalue weighted by molar-refractivity contribution is 5.67. The Morgan fingerprint density at radius 1 is 1.00 bits per heavy atom. The van der Waals surface area contributed by atoms with Crippen LogP contribution in [0.25, 0.3) is 0 Å². The number of benzene rings is 2. The van der Waals surface area contributed by atoms with Gasteiger partial charge in [-0.2, -0.15) is 0 Å². The van der Waals surface area contributed by atoms with Crippen molar-refractivity contribution in [3.63, 3.8) is 0 Å². The Morgan fingerprint density at radius 3 is 2.35 bits per heavy atom. The molecule has 3 saturated heterocycles. The zero-order chi connectivity index (χ0) is 17.8. The first-order valence-corrected chi connectivity index (χ1v) is 9.25. The van der Waals surface area contributed by atoms with Crippen molar-refractivity contribution < 1.29 is 14.3 Å². The summed E-state index contributed by atoms with van der Waals surface area (Å²) in [7, 11) is 0. The van der Waals surface area contributed by atoms with E-state index < -0.39 is 0 Å². The van der Waals surface area contributed by atoms with E-state index in [4.69, 9.17) is 9.47 Å². The van der Waals surface area contributed by atoms with Gasteiger partial charge in [0, 0.05) is 13.1 Å². The summed E-state index contributed by atoms with van der Waals surface area (Å²) in [6, 6.07) is 17.4. The third kappa shape index (κ3) is 4.17. The summed E-state index contributed by atoms with van der Waals surface area (Å²) in [5.41, 5.74) is 1.01. The highest BCUT2D eigenvalue weighted by Gasteiger charge is 2.36. The van der Waals surface area contributed by atoms with Crippen molar-refractivity contribution >= 4 is 6.09 Å². The standard InChI is InChI=1S/C21H24N2O3/c24-21(26-20-15-23-12-10-17(20)11-13-23)22-14-16-6-8-19(9-7-16)25-18-4-2-1-3-5-18/h1-9,17,20H,10-15H2,(H,22,24). The Labute approximate surface area is 153 Å². The number of ether oxygens (including phenoxy) is 2. The van der Waals surface area contributed by atoms with Gasteiger partial charge in [0.2, 0.25) is 0 Å². The topological polar surface area (TPSA) is 50.8 Å². The number of carbonyl (C=O) groups is 1. The number of fused-ring (bicyclic) bond motifs is 3. The average Bonchev–Trinajstić information content (AvgIpc) is 2.69. The number of piperidine rings is 3. The van der Waals surface area contributed by atoms with E-state index in [0.29, 0.717) is 12.5 Å². The summed E-state index contributed by atoms with van der Waals surface area (Å²) in [6.07, 6.45) is 1.99. The molecule has 1 unspecified atom stereocenters. The molecule has 0 aliphatic carbocycles. The van der Waals surface area contributed by atoms with Gasteiger partial charge < -0.3 is 14.8 Å². The number of carbonyl (C=O) groups excluding carboxylic acids is 1. The highest BCUT2D eigenvalue weighted by atomic mass is 16.6. The number of rotatable bonds is 5. The Bertz CT molecular complexity index is 725. The maximum absolute atomic E-state index is 12.1. The van der Waals surface area contributed by atoms with Crippen molar-refractivity contribution in [1.82, 2.24) is 10.2 Å². The van der Waals surface area contributed by atoms with Gasteiger partial charge in [0.1, 0.15) is 17.6 Å². The largest absolute Gasteiger partial charge is 0.457 e. The molecule has 0 saturated carbocycles. The lowest BCUT2D eigenvalue weighted by Crippen LogP contribution is -2.52. The van der Waals surface area contributed by atoms with Gasteiger partial charge in [-0.05, 0) is 61.7 Å². The summed E-state index contributed by atoms with van der Waals surface area (Å²) in [6.45, 7) is 3.61. The molecule has 136 valence electrons. The van der Waals surface area contributed by atoms with E-state index in [0.717, 1.165) is 49.5 Å². The van der Waals surface area contributed by atoms with Gasteiger partial charge in [-0.3, -0.25) is 4.90 Å². The van der Waals surface area contributed by atoms with Crippen LogP contribution in [0.5, 0.6) is 11.5 Å². The monoisotopic (exact) mass is 352 g/mol. The highest BCUT2D eigenvalue weighted by Crippen LogP contribution is 2.29. The molecule has 1 amide bonds. The van der Waals surface area contributed by atoms with E-state index in [9.17, 15) is 4.79 Å². The lowest BCUT2D eigenvalue weighted by Gasteiger charge is -2.43. The van der Waals surface area contributed by atoms with Gasteiger partial charge in [-0.15, -0.1) is 0 Å². The Morgan fingerprint density at radius 2 is 1.69 bits per heavy atom. The molecule has 2 aromatic carbocycles. The van der Waals surface area contributed by atoms with Crippen LogP contribution < -0.4 is 10.1 Å². The fourth-order valence-electron chi connectivity index (χ4n) is 3.70. The molecular formula is C21H24N2O3. The molecule has 3 fully saturated rings. The molecule has 0 radical (unpaired) electrons. The number of nitrogens with zero attached hydrogens (tertiary/aromatic N) is 1. The van der Waals surface area contributed by atoms with Crippen LogP contribution in [0.1, 0.15) is 18.4 Å². The van der Waals surface area contributed by atoms with E-state index in [2.05, 4.69) is 10.2 Å². The summed E-state index contributed by atoms with van der Waals surface area (Å²) in [4.78, 5) is 14.5. The lowest BCUT2D eigenvalue weighted by atomic mass is 9.86. The first kappa shape index (κ1) is 16.9. The predicted molar refractivity (Wildman–Crippen MR) is 99.2 cm³/mol. The molecule has 1 N–H and O–H groups in total. The number of alkyl carbamates (subject to hydrolysis) is 1. The molecule has 0 spiro atoms. The minimum Gasteiger partial charge on any atom is -0.457 e. The molecule has 5 nitrogen and oxygen atoms in total. The van der Waals surface area contributed by atoms with Gasteiger partial charge in [-0.25, -0.2) is 4.79 Å². The van der Waals surface area contributed by atoms with Crippen molar-refractivity contribution in [2.24, 2.45) is 5.92 Å². The van der Waals surface area contributed by atoms with Crippen molar-refractivity contribution in [3.05, 3.63) is 60.2 Å². The SMILES string of the molecule is O=C(NCc1ccc(Oc2ccccc2)cc1)OC1CN2CCC1CC2. The van der Waals surface area contributed by atoms with E-state index in [1.54, 1.807) is 0 Å². The molecule has 2 bridgehead atoms. The first-order chi connectivity index (χ1) is 12.8. The van der Waals surface area contributed by atoms with E-state index in [1.807, 2.05) is 54.6 Å². The van der Waals surface area contributed by atoms with Gasteiger partial charge >= 0.3 is 6.09 Å². The molecule has 26 heavy (non-hydrogen) atoms. The van der Waals surface area contributed by atoms with Crippen LogP contribution in [0.4, 0.5) is 4.79 Å². The van der Waals surface area contributed by atoms with Crippen molar-refractivity contribution in [2.45, 2.75) is 25.5 Å². The van der Waals surface area contributed by atoms with Crippen LogP contribution in [0, 0.1) is 5.92 Å². The summed E-state index contributed by atoms with van der Waals surface area (Å²) in [5, 5.41) is 2.85. The lowest BCUT2D eigenvalue weighted by molar-refractivity contribution is -0.0332. The number of para-hydroxylation sites is 1. The normalized spacial score (nSPS) is 24.1. The summed E-state index contributed by atoms with van der Waals surface area (Å²) >= 11 is 0. The number of hydrogen-bond acceptors (Lipinski definition) is 4. The van der Waals surface area contributed by atoms with Crippen LogP contribution in [-0.2, 0) is 11.3 Å². The van der Waals surface area contributed by atoms with E-state index in [-0.39, 0.29) is 12.2 Å². The second kappa shape index (κ2) is 7.79. The Balaban J connectivity index is 1.24. The zero-order valence-corrected chi connectivity index (χ0v) is 14.8. The van der Waals surface area contributed by atoms with Gasteiger partial charge in [-0.1, -0.05) is 30.3 Å². The van der Waals surface area contributed by atoms with Crippen molar-refractivity contribution in [1.29, 1.82) is 0 Å². The van der Waals surface area contributed by atoms with E-state index >= 15 is 0 Å². The molecule has 5 heteroatoms. The van der Waals surface area contributed by atoms with Crippen LogP contribution in [-0.4, -0.2) is 36.7 Å². The maximum Gasteiger partial charge on any atom is 0.407 e. The molecule has 3 aliphatic heterocycles. The maximum atomic E-state index is 12.1.